The summed E-state index contributed by atoms with van der Waals surface area (Å²) in [5.41, 5.74) is 0.675. The number of carbonyl (C=O) groups excluding carboxylic acids is 5. The molecule has 1 saturated heterocycles. The Morgan fingerprint density at radius 1 is 1.00 bits per heavy atom. The summed E-state index contributed by atoms with van der Waals surface area (Å²) in [5.74, 6) is -2.59. The molecule has 1 aromatic rings. The molecule has 9 nitrogen and oxygen atoms in total. The number of amides is 7. The third kappa shape index (κ3) is 4.79. The van der Waals surface area contributed by atoms with E-state index >= 15 is 0 Å². The van der Waals surface area contributed by atoms with Gasteiger partial charge in [0.25, 0.3) is 0 Å². The van der Waals surface area contributed by atoms with Crippen LogP contribution in [0.1, 0.15) is 38.2 Å². The Balaban J connectivity index is 1.55. The molecule has 2 fully saturated rings. The van der Waals surface area contributed by atoms with Crippen LogP contribution in [0.3, 0.4) is 0 Å². The number of urea groups is 2. The Labute approximate surface area is 168 Å². The molecule has 1 aromatic carbocycles. The van der Waals surface area contributed by atoms with Gasteiger partial charge in [0, 0.05) is 6.04 Å². The van der Waals surface area contributed by atoms with Crippen molar-refractivity contribution in [3.05, 3.63) is 35.9 Å². The maximum absolute atomic E-state index is 12.4. The summed E-state index contributed by atoms with van der Waals surface area (Å²) in [5, 5.41) is 4.89. The average Bonchev–Trinajstić information content (AvgIpc) is 2.89. The molecule has 0 unspecified atom stereocenters. The van der Waals surface area contributed by atoms with Gasteiger partial charge in [0.05, 0.1) is 6.54 Å². The molecular weight excluding hydrogens is 376 g/mol. The molecule has 0 spiro atoms. The largest absolute Gasteiger partial charge is 0.335 e. The summed E-state index contributed by atoms with van der Waals surface area (Å²) in [7, 11) is 0. The zero-order valence-corrected chi connectivity index (χ0v) is 16.2. The van der Waals surface area contributed by atoms with Crippen molar-refractivity contribution in [1.29, 1.82) is 0 Å². The number of carbonyl (C=O) groups is 5. The zero-order chi connectivity index (χ0) is 21.0. The highest BCUT2D eigenvalue weighted by molar-refractivity contribution is 6.45. The van der Waals surface area contributed by atoms with Crippen molar-refractivity contribution in [3.8, 4) is 0 Å². The molecule has 154 valence electrons. The minimum atomic E-state index is -1.08. The van der Waals surface area contributed by atoms with Crippen molar-refractivity contribution in [2.75, 3.05) is 6.54 Å². The van der Waals surface area contributed by atoms with Gasteiger partial charge in [-0.3, -0.25) is 24.6 Å². The molecule has 3 rings (SSSR count). The molecule has 0 radical (unpaired) electrons. The van der Waals surface area contributed by atoms with E-state index < -0.39 is 36.3 Å². The van der Waals surface area contributed by atoms with Gasteiger partial charge in [0.15, 0.2) is 0 Å². The number of hydrogen-bond donors (Lipinski definition) is 2. The molecule has 2 atom stereocenters. The van der Waals surface area contributed by atoms with E-state index in [0.29, 0.717) is 16.4 Å². The lowest BCUT2D eigenvalue weighted by molar-refractivity contribution is -0.144. The highest BCUT2D eigenvalue weighted by atomic mass is 16.2. The number of imide groups is 3. The lowest BCUT2D eigenvalue weighted by atomic mass is 9.86. The van der Waals surface area contributed by atoms with Crippen LogP contribution in [-0.2, 0) is 20.9 Å². The number of hydrogen-bond acceptors (Lipinski definition) is 5. The molecule has 1 aliphatic carbocycles. The first kappa shape index (κ1) is 20.5. The molecule has 1 heterocycles. The Kier molecular flexibility index (Phi) is 6.26. The fourth-order valence-corrected chi connectivity index (χ4v) is 3.64. The minimum Gasteiger partial charge on any atom is -0.335 e. The van der Waals surface area contributed by atoms with Crippen LogP contribution in [0.4, 0.5) is 9.59 Å². The van der Waals surface area contributed by atoms with E-state index in [1.165, 1.54) is 0 Å². The number of nitrogens with zero attached hydrogens (tertiary/aromatic N) is 2. The summed E-state index contributed by atoms with van der Waals surface area (Å²) >= 11 is 0. The molecule has 1 aliphatic heterocycles. The highest BCUT2D eigenvalue weighted by Gasteiger charge is 2.45. The quantitative estimate of drug-likeness (QED) is 0.572. The Hall–Kier alpha value is -3.23. The molecule has 1 saturated carbocycles. The summed E-state index contributed by atoms with van der Waals surface area (Å²) in [4.78, 5) is 62.3. The fraction of sp³-hybridized carbons (Fsp3) is 0.450. The second-order valence-corrected chi connectivity index (χ2v) is 7.44. The van der Waals surface area contributed by atoms with Gasteiger partial charge >= 0.3 is 23.9 Å². The minimum absolute atomic E-state index is 0.0189. The first-order valence-corrected chi connectivity index (χ1v) is 9.68. The van der Waals surface area contributed by atoms with Gasteiger partial charge in [0.2, 0.25) is 5.91 Å². The summed E-state index contributed by atoms with van der Waals surface area (Å²) in [6.07, 6.45) is 3.98. The van der Waals surface area contributed by atoms with Gasteiger partial charge < -0.3 is 5.32 Å². The van der Waals surface area contributed by atoms with Crippen LogP contribution in [-0.4, -0.2) is 52.2 Å². The number of benzene rings is 1. The lowest BCUT2D eigenvalue weighted by Gasteiger charge is -2.29. The van der Waals surface area contributed by atoms with E-state index in [1.807, 2.05) is 6.92 Å². The van der Waals surface area contributed by atoms with Crippen molar-refractivity contribution in [1.82, 2.24) is 20.4 Å². The monoisotopic (exact) mass is 400 g/mol. The zero-order valence-electron chi connectivity index (χ0n) is 16.2. The van der Waals surface area contributed by atoms with Crippen LogP contribution in [0.5, 0.6) is 0 Å². The van der Waals surface area contributed by atoms with Crippen LogP contribution in [0, 0.1) is 5.92 Å². The molecule has 29 heavy (non-hydrogen) atoms. The number of nitrogens with one attached hydrogen (secondary N) is 2. The predicted molar refractivity (Wildman–Crippen MR) is 102 cm³/mol. The van der Waals surface area contributed by atoms with Crippen LogP contribution in [0.25, 0.3) is 0 Å². The molecule has 0 aromatic heterocycles. The molecule has 7 amide bonds. The van der Waals surface area contributed by atoms with Crippen molar-refractivity contribution < 1.29 is 24.0 Å². The van der Waals surface area contributed by atoms with Gasteiger partial charge in [-0.15, -0.1) is 0 Å². The van der Waals surface area contributed by atoms with E-state index in [9.17, 15) is 24.0 Å². The Morgan fingerprint density at radius 3 is 2.34 bits per heavy atom. The Bertz CT molecular complexity index is 825. The molecule has 9 heteroatoms. The second kappa shape index (κ2) is 8.85. The molecular formula is C20H24N4O5. The van der Waals surface area contributed by atoms with Crippen LogP contribution >= 0.6 is 0 Å². The van der Waals surface area contributed by atoms with E-state index in [2.05, 4.69) is 10.6 Å². The van der Waals surface area contributed by atoms with Crippen molar-refractivity contribution in [3.63, 3.8) is 0 Å². The molecule has 2 N–H and O–H groups in total. The molecule has 0 bridgehead atoms. The topological polar surface area (TPSA) is 116 Å². The fourth-order valence-electron chi connectivity index (χ4n) is 3.64. The summed E-state index contributed by atoms with van der Waals surface area (Å²) in [6.45, 7) is 1.28. The van der Waals surface area contributed by atoms with Crippen LogP contribution < -0.4 is 10.6 Å². The Morgan fingerprint density at radius 2 is 1.66 bits per heavy atom. The van der Waals surface area contributed by atoms with E-state index in [4.69, 9.17) is 0 Å². The van der Waals surface area contributed by atoms with E-state index in [0.717, 1.165) is 30.6 Å². The molecule has 2 aliphatic rings. The van der Waals surface area contributed by atoms with Gasteiger partial charge in [-0.25, -0.2) is 14.5 Å². The SMILES string of the molecule is C[C@@H]1CCCC[C@@H]1NC(=O)NC(=O)CN1C(=O)C(=O)N(Cc2ccccc2)C1=O. The third-order valence-corrected chi connectivity index (χ3v) is 5.30. The highest BCUT2D eigenvalue weighted by Crippen LogP contribution is 2.23. The first-order valence-electron chi connectivity index (χ1n) is 9.68. The first-order chi connectivity index (χ1) is 13.9. The van der Waals surface area contributed by atoms with Gasteiger partial charge in [-0.05, 0) is 24.3 Å². The third-order valence-electron chi connectivity index (χ3n) is 5.30. The lowest BCUT2D eigenvalue weighted by Crippen LogP contribution is -2.50. The second-order valence-electron chi connectivity index (χ2n) is 7.44. The maximum atomic E-state index is 12.4. The van der Waals surface area contributed by atoms with E-state index in [1.54, 1.807) is 30.3 Å². The van der Waals surface area contributed by atoms with Crippen molar-refractivity contribution in [2.45, 2.75) is 45.2 Å². The summed E-state index contributed by atoms with van der Waals surface area (Å²) in [6, 6.07) is 7.17. The standard InChI is InChI=1S/C20H24N4O5/c1-13-7-5-6-10-15(13)21-19(28)22-16(25)12-24-18(27)17(26)23(20(24)29)11-14-8-3-2-4-9-14/h2-4,8-9,13,15H,5-7,10-12H2,1H3,(H2,21,22,25,28)/t13-,15+/m1/s1. The predicted octanol–water partition coefficient (Wildman–Crippen LogP) is 1.38. The van der Waals surface area contributed by atoms with Gasteiger partial charge in [-0.2, -0.15) is 0 Å². The number of rotatable bonds is 5. The van der Waals surface area contributed by atoms with E-state index in [-0.39, 0.29) is 12.6 Å². The van der Waals surface area contributed by atoms with Gasteiger partial charge in [0.1, 0.15) is 6.54 Å². The van der Waals surface area contributed by atoms with Crippen LogP contribution in [0.15, 0.2) is 30.3 Å². The smallest absolute Gasteiger partial charge is 0.335 e. The average molecular weight is 400 g/mol. The summed E-state index contributed by atoms with van der Waals surface area (Å²) < 4.78 is 0. The normalized spacial score (nSPS) is 22.0. The van der Waals surface area contributed by atoms with Crippen molar-refractivity contribution in [2.24, 2.45) is 5.92 Å². The maximum Gasteiger partial charge on any atom is 0.335 e. The van der Waals surface area contributed by atoms with Crippen molar-refractivity contribution >= 4 is 29.8 Å². The van der Waals surface area contributed by atoms with Gasteiger partial charge in [-0.1, -0.05) is 50.1 Å². The van der Waals surface area contributed by atoms with Crippen LogP contribution in [0.2, 0.25) is 0 Å².